The van der Waals surface area contributed by atoms with Gasteiger partial charge in [0.2, 0.25) is 5.91 Å². The van der Waals surface area contributed by atoms with Gasteiger partial charge in [0.1, 0.15) is 0 Å². The third-order valence-electron chi connectivity index (χ3n) is 3.49. The fourth-order valence-corrected chi connectivity index (χ4v) is 2.23. The van der Waals surface area contributed by atoms with E-state index in [0.717, 1.165) is 29.8 Å². The first-order valence-electron chi connectivity index (χ1n) is 7.97. The van der Waals surface area contributed by atoms with Crippen molar-refractivity contribution < 1.29 is 14.3 Å². The Morgan fingerprint density at radius 1 is 1.12 bits per heavy atom. The average molecular weight is 326 g/mol. The fraction of sp³-hybridized carbons (Fsp3) is 0.316. The van der Waals surface area contributed by atoms with Crippen molar-refractivity contribution in [1.82, 2.24) is 10.3 Å². The zero-order valence-corrected chi connectivity index (χ0v) is 14.0. The summed E-state index contributed by atoms with van der Waals surface area (Å²) in [6, 6.07) is 12.9. The van der Waals surface area contributed by atoms with Gasteiger partial charge in [-0.2, -0.15) is 0 Å². The number of nitrogens with zero attached hydrogens (tertiary/aromatic N) is 1. The van der Waals surface area contributed by atoms with Crippen LogP contribution in [0.3, 0.4) is 0 Å². The number of hydrogen-bond donors (Lipinski definition) is 1. The number of carbonyl (C=O) groups is 2. The van der Waals surface area contributed by atoms with Gasteiger partial charge >= 0.3 is 5.97 Å². The topological polar surface area (TPSA) is 68.3 Å². The van der Waals surface area contributed by atoms with Crippen molar-refractivity contribution in [3.8, 4) is 0 Å². The molecule has 0 radical (unpaired) electrons. The number of nitrogens with one attached hydrogen (secondary N) is 1. The normalized spacial score (nSPS) is 10.2. The molecular weight excluding hydrogens is 304 g/mol. The van der Waals surface area contributed by atoms with Crippen LogP contribution in [0.15, 0.2) is 42.5 Å². The molecule has 1 aromatic heterocycles. The van der Waals surface area contributed by atoms with Crippen molar-refractivity contribution >= 4 is 11.9 Å². The van der Waals surface area contributed by atoms with Gasteiger partial charge in [0, 0.05) is 24.9 Å². The van der Waals surface area contributed by atoms with Crippen LogP contribution in [-0.2, 0) is 22.5 Å². The first-order chi connectivity index (χ1) is 11.5. The lowest BCUT2D eigenvalue weighted by Gasteiger charge is -2.06. The molecule has 2 rings (SSSR count). The zero-order valence-electron chi connectivity index (χ0n) is 14.0. The maximum Gasteiger partial charge on any atom is 0.338 e. The van der Waals surface area contributed by atoms with Gasteiger partial charge in [-0.25, -0.2) is 4.79 Å². The lowest BCUT2D eigenvalue weighted by atomic mass is 10.1. The molecule has 126 valence electrons. The Balaban J connectivity index is 1.75. The molecule has 0 aliphatic heterocycles. The predicted octanol–water partition coefficient (Wildman–Crippen LogP) is 2.82. The van der Waals surface area contributed by atoms with Crippen molar-refractivity contribution in [1.29, 1.82) is 0 Å². The minimum Gasteiger partial charge on any atom is -0.462 e. The van der Waals surface area contributed by atoms with E-state index in [2.05, 4.69) is 10.3 Å². The molecule has 1 aromatic carbocycles. The summed E-state index contributed by atoms with van der Waals surface area (Å²) in [5, 5.41) is 2.71. The standard InChI is InChI=1S/C19H22N2O3/c1-14-5-3-6-18(21-14)7-4-12-24-19(23)17-10-8-16(9-11-17)13-20-15(2)22/h3,5-6,8-11H,4,7,12-13H2,1-2H3,(H,20,22). The molecular formula is C19H22N2O3. The molecule has 0 saturated heterocycles. The van der Waals surface area contributed by atoms with Gasteiger partial charge in [0.05, 0.1) is 12.2 Å². The molecule has 0 unspecified atom stereocenters. The van der Waals surface area contributed by atoms with Crippen LogP contribution in [0.4, 0.5) is 0 Å². The Hall–Kier alpha value is -2.69. The fourth-order valence-electron chi connectivity index (χ4n) is 2.23. The third-order valence-corrected chi connectivity index (χ3v) is 3.49. The summed E-state index contributed by atoms with van der Waals surface area (Å²) in [7, 11) is 0. The first-order valence-corrected chi connectivity index (χ1v) is 7.97. The smallest absolute Gasteiger partial charge is 0.338 e. The molecule has 0 saturated carbocycles. The number of aryl methyl sites for hydroxylation is 2. The van der Waals surface area contributed by atoms with Gasteiger partial charge in [0.15, 0.2) is 0 Å². The van der Waals surface area contributed by atoms with Crippen LogP contribution in [0.2, 0.25) is 0 Å². The van der Waals surface area contributed by atoms with Crippen LogP contribution in [0, 0.1) is 6.92 Å². The zero-order chi connectivity index (χ0) is 17.4. The molecule has 1 N–H and O–H groups in total. The van der Waals surface area contributed by atoms with Gasteiger partial charge in [-0.1, -0.05) is 18.2 Å². The van der Waals surface area contributed by atoms with E-state index < -0.39 is 0 Å². The van der Waals surface area contributed by atoms with E-state index in [1.54, 1.807) is 12.1 Å². The summed E-state index contributed by atoms with van der Waals surface area (Å²) < 4.78 is 5.28. The first kappa shape index (κ1) is 17.7. The molecule has 0 spiro atoms. The maximum absolute atomic E-state index is 12.0. The maximum atomic E-state index is 12.0. The molecule has 0 aliphatic rings. The van der Waals surface area contributed by atoms with Crippen LogP contribution in [0.25, 0.3) is 0 Å². The average Bonchev–Trinajstić information content (AvgIpc) is 2.57. The Bertz CT molecular complexity index is 696. The Morgan fingerprint density at radius 2 is 1.88 bits per heavy atom. The van der Waals surface area contributed by atoms with Crippen LogP contribution in [0.5, 0.6) is 0 Å². The third kappa shape index (κ3) is 5.83. The van der Waals surface area contributed by atoms with Crippen molar-refractivity contribution in [2.75, 3.05) is 6.61 Å². The molecule has 24 heavy (non-hydrogen) atoms. The molecule has 1 heterocycles. The molecule has 2 aromatic rings. The number of benzene rings is 1. The number of esters is 1. The molecule has 0 fully saturated rings. The minimum absolute atomic E-state index is 0.0819. The number of hydrogen-bond acceptors (Lipinski definition) is 4. The highest BCUT2D eigenvalue weighted by molar-refractivity contribution is 5.89. The lowest BCUT2D eigenvalue weighted by molar-refractivity contribution is -0.119. The van der Waals surface area contributed by atoms with Gasteiger partial charge in [-0.3, -0.25) is 9.78 Å². The monoisotopic (exact) mass is 326 g/mol. The highest BCUT2D eigenvalue weighted by atomic mass is 16.5. The Kier molecular flexibility index (Phi) is 6.49. The molecule has 5 heteroatoms. The van der Waals surface area contributed by atoms with Crippen molar-refractivity contribution in [3.63, 3.8) is 0 Å². The highest BCUT2D eigenvalue weighted by Gasteiger charge is 2.07. The van der Waals surface area contributed by atoms with E-state index >= 15 is 0 Å². The van der Waals surface area contributed by atoms with E-state index in [4.69, 9.17) is 4.74 Å². The Morgan fingerprint density at radius 3 is 2.54 bits per heavy atom. The van der Waals surface area contributed by atoms with E-state index in [0.29, 0.717) is 18.7 Å². The summed E-state index contributed by atoms with van der Waals surface area (Å²) in [6.07, 6.45) is 1.52. The van der Waals surface area contributed by atoms with E-state index in [9.17, 15) is 9.59 Å². The van der Waals surface area contributed by atoms with Crippen LogP contribution in [0.1, 0.15) is 40.7 Å². The van der Waals surface area contributed by atoms with Gasteiger partial charge < -0.3 is 10.1 Å². The highest BCUT2D eigenvalue weighted by Crippen LogP contribution is 2.07. The molecule has 0 atom stereocenters. The summed E-state index contributed by atoms with van der Waals surface area (Å²) in [5.41, 5.74) is 3.44. The summed E-state index contributed by atoms with van der Waals surface area (Å²) >= 11 is 0. The number of rotatable bonds is 7. The molecule has 1 amide bonds. The van der Waals surface area contributed by atoms with Gasteiger partial charge in [-0.15, -0.1) is 0 Å². The van der Waals surface area contributed by atoms with E-state index in [-0.39, 0.29) is 11.9 Å². The van der Waals surface area contributed by atoms with Crippen LogP contribution in [-0.4, -0.2) is 23.5 Å². The summed E-state index contributed by atoms with van der Waals surface area (Å²) in [4.78, 5) is 27.3. The van der Waals surface area contributed by atoms with Gasteiger partial charge in [-0.05, 0) is 49.6 Å². The SMILES string of the molecule is CC(=O)NCc1ccc(C(=O)OCCCc2cccc(C)n2)cc1. The second-order valence-electron chi connectivity index (χ2n) is 5.62. The largest absolute Gasteiger partial charge is 0.462 e. The second kappa shape index (κ2) is 8.82. The number of amides is 1. The Labute approximate surface area is 142 Å². The number of aromatic nitrogens is 1. The van der Waals surface area contributed by atoms with Gasteiger partial charge in [0.25, 0.3) is 0 Å². The summed E-state index contributed by atoms with van der Waals surface area (Å²) in [5.74, 6) is -0.417. The minimum atomic E-state index is -0.335. The number of carbonyl (C=O) groups excluding carboxylic acids is 2. The number of pyridine rings is 1. The molecule has 0 bridgehead atoms. The molecule has 0 aliphatic carbocycles. The molecule has 5 nitrogen and oxygen atoms in total. The number of ether oxygens (including phenoxy) is 1. The van der Waals surface area contributed by atoms with E-state index in [1.165, 1.54) is 6.92 Å². The summed E-state index contributed by atoms with van der Waals surface area (Å²) in [6.45, 7) is 4.24. The van der Waals surface area contributed by atoms with Crippen molar-refractivity contribution in [2.24, 2.45) is 0 Å². The predicted molar refractivity (Wildman–Crippen MR) is 91.5 cm³/mol. The quantitative estimate of drug-likeness (QED) is 0.627. The van der Waals surface area contributed by atoms with Crippen molar-refractivity contribution in [2.45, 2.75) is 33.2 Å². The van der Waals surface area contributed by atoms with Crippen LogP contribution < -0.4 is 5.32 Å². The lowest BCUT2D eigenvalue weighted by Crippen LogP contribution is -2.18. The second-order valence-corrected chi connectivity index (χ2v) is 5.62. The van der Waals surface area contributed by atoms with Crippen LogP contribution >= 0.6 is 0 Å². The van der Waals surface area contributed by atoms with Crippen molar-refractivity contribution in [3.05, 3.63) is 65.0 Å². The van der Waals surface area contributed by atoms with E-state index in [1.807, 2.05) is 37.3 Å².